The van der Waals surface area contributed by atoms with Gasteiger partial charge in [0.05, 0.1) is 5.69 Å². The molecule has 0 saturated heterocycles. The Morgan fingerprint density at radius 1 is 1.24 bits per heavy atom. The Hall–Kier alpha value is -2.50. The summed E-state index contributed by atoms with van der Waals surface area (Å²) in [4.78, 5) is 22.9. The fourth-order valence-corrected chi connectivity index (χ4v) is 1.90. The molecule has 0 radical (unpaired) electrons. The highest BCUT2D eigenvalue weighted by Crippen LogP contribution is 2.15. The van der Waals surface area contributed by atoms with Gasteiger partial charge in [0.15, 0.2) is 0 Å². The minimum Gasteiger partial charge on any atom is -0.359 e. The van der Waals surface area contributed by atoms with E-state index >= 15 is 0 Å². The highest BCUT2D eigenvalue weighted by atomic mass is 19.1. The van der Waals surface area contributed by atoms with Crippen molar-refractivity contribution in [2.45, 2.75) is 19.4 Å². The van der Waals surface area contributed by atoms with Crippen LogP contribution in [0.4, 0.5) is 4.39 Å². The molecule has 0 fully saturated rings. The minimum atomic E-state index is -0.322. The van der Waals surface area contributed by atoms with Crippen molar-refractivity contribution >= 4 is 5.91 Å². The molecule has 6 heteroatoms. The first kappa shape index (κ1) is 14.9. The molecule has 0 saturated carbocycles. The SMILES string of the molecule is CNC(=O)CCCn1nc(-c2ccc(F)cc2)ccc1=O. The van der Waals surface area contributed by atoms with Crippen molar-refractivity contribution in [1.82, 2.24) is 15.1 Å². The molecule has 0 aliphatic rings. The Labute approximate surface area is 121 Å². The Kier molecular flexibility index (Phi) is 4.81. The third kappa shape index (κ3) is 3.98. The van der Waals surface area contributed by atoms with E-state index in [4.69, 9.17) is 0 Å². The fourth-order valence-electron chi connectivity index (χ4n) is 1.90. The van der Waals surface area contributed by atoms with Gasteiger partial charge in [0.2, 0.25) is 5.91 Å². The summed E-state index contributed by atoms with van der Waals surface area (Å²) < 4.78 is 14.2. The van der Waals surface area contributed by atoms with Crippen molar-refractivity contribution in [2.24, 2.45) is 0 Å². The van der Waals surface area contributed by atoms with Gasteiger partial charge in [-0.1, -0.05) is 0 Å². The molecule has 1 aromatic carbocycles. The molecule has 0 spiro atoms. The molecule has 0 aliphatic heterocycles. The molecule has 2 rings (SSSR count). The van der Waals surface area contributed by atoms with Crippen LogP contribution in [0, 0.1) is 5.82 Å². The number of amides is 1. The second-order valence-electron chi connectivity index (χ2n) is 4.56. The number of hydrogen-bond acceptors (Lipinski definition) is 3. The Balaban J connectivity index is 2.15. The van der Waals surface area contributed by atoms with Crippen LogP contribution < -0.4 is 10.9 Å². The summed E-state index contributed by atoms with van der Waals surface area (Å²) in [6.45, 7) is 0.362. The van der Waals surface area contributed by atoms with Gasteiger partial charge in [0.1, 0.15) is 5.82 Å². The Morgan fingerprint density at radius 2 is 1.95 bits per heavy atom. The number of carbonyl (C=O) groups excluding carboxylic acids is 1. The Bertz CT molecular complexity index is 680. The van der Waals surface area contributed by atoms with E-state index in [-0.39, 0.29) is 17.3 Å². The number of carbonyl (C=O) groups is 1. The smallest absolute Gasteiger partial charge is 0.266 e. The average Bonchev–Trinajstić information content (AvgIpc) is 2.50. The highest BCUT2D eigenvalue weighted by Gasteiger charge is 2.05. The summed E-state index contributed by atoms with van der Waals surface area (Å²) in [6, 6.07) is 8.93. The fraction of sp³-hybridized carbons (Fsp3) is 0.267. The number of nitrogens with zero attached hydrogens (tertiary/aromatic N) is 2. The van der Waals surface area contributed by atoms with Crippen molar-refractivity contribution in [3.8, 4) is 11.3 Å². The van der Waals surface area contributed by atoms with Crippen LogP contribution in [0.25, 0.3) is 11.3 Å². The van der Waals surface area contributed by atoms with Crippen molar-refractivity contribution in [3.05, 3.63) is 52.6 Å². The van der Waals surface area contributed by atoms with E-state index in [1.165, 1.54) is 22.9 Å². The lowest BCUT2D eigenvalue weighted by molar-refractivity contribution is -0.120. The van der Waals surface area contributed by atoms with E-state index in [0.29, 0.717) is 25.1 Å². The summed E-state index contributed by atoms with van der Waals surface area (Å²) >= 11 is 0. The van der Waals surface area contributed by atoms with Crippen molar-refractivity contribution in [1.29, 1.82) is 0 Å². The lowest BCUT2D eigenvalue weighted by Crippen LogP contribution is -2.24. The van der Waals surface area contributed by atoms with Crippen LogP contribution in [-0.4, -0.2) is 22.7 Å². The van der Waals surface area contributed by atoms with Crippen molar-refractivity contribution in [3.63, 3.8) is 0 Å². The van der Waals surface area contributed by atoms with E-state index in [1.807, 2.05) is 0 Å². The number of rotatable bonds is 5. The van der Waals surface area contributed by atoms with Gasteiger partial charge in [-0.15, -0.1) is 0 Å². The van der Waals surface area contributed by atoms with Crippen molar-refractivity contribution in [2.75, 3.05) is 7.05 Å². The average molecular weight is 289 g/mol. The van der Waals surface area contributed by atoms with Crippen LogP contribution >= 0.6 is 0 Å². The molecule has 0 bridgehead atoms. The molecule has 1 N–H and O–H groups in total. The molecular weight excluding hydrogens is 273 g/mol. The van der Waals surface area contributed by atoms with Gasteiger partial charge in [-0.25, -0.2) is 9.07 Å². The first-order valence-corrected chi connectivity index (χ1v) is 6.65. The lowest BCUT2D eigenvalue weighted by Gasteiger charge is -2.07. The van der Waals surface area contributed by atoms with Crippen LogP contribution in [0.5, 0.6) is 0 Å². The molecule has 1 heterocycles. The van der Waals surface area contributed by atoms with Crippen molar-refractivity contribution < 1.29 is 9.18 Å². The number of halogens is 1. The zero-order valence-electron chi connectivity index (χ0n) is 11.7. The summed E-state index contributed by atoms with van der Waals surface area (Å²) in [7, 11) is 1.57. The molecule has 21 heavy (non-hydrogen) atoms. The van der Waals surface area contributed by atoms with E-state index in [9.17, 15) is 14.0 Å². The molecule has 0 aliphatic carbocycles. The number of benzene rings is 1. The predicted molar refractivity (Wildman–Crippen MR) is 77.2 cm³/mol. The molecule has 1 amide bonds. The topological polar surface area (TPSA) is 64.0 Å². The second-order valence-corrected chi connectivity index (χ2v) is 4.56. The van der Waals surface area contributed by atoms with Gasteiger partial charge in [-0.05, 0) is 36.8 Å². The largest absolute Gasteiger partial charge is 0.359 e. The van der Waals surface area contributed by atoms with Gasteiger partial charge in [-0.3, -0.25) is 9.59 Å². The van der Waals surface area contributed by atoms with Crippen LogP contribution in [0.3, 0.4) is 0 Å². The quantitative estimate of drug-likeness (QED) is 0.909. The summed E-state index contributed by atoms with van der Waals surface area (Å²) in [5.41, 5.74) is 1.10. The van der Waals surface area contributed by atoms with E-state index in [2.05, 4.69) is 10.4 Å². The van der Waals surface area contributed by atoms with Gasteiger partial charge in [0.25, 0.3) is 5.56 Å². The zero-order valence-corrected chi connectivity index (χ0v) is 11.7. The van der Waals surface area contributed by atoms with Crippen LogP contribution in [0.15, 0.2) is 41.2 Å². The summed E-state index contributed by atoms with van der Waals surface area (Å²) in [5.74, 6) is -0.393. The molecular formula is C15H16FN3O2. The third-order valence-electron chi connectivity index (χ3n) is 3.06. The van der Waals surface area contributed by atoms with Gasteiger partial charge >= 0.3 is 0 Å². The maximum atomic E-state index is 12.9. The van der Waals surface area contributed by atoms with Gasteiger partial charge in [-0.2, -0.15) is 5.10 Å². The lowest BCUT2D eigenvalue weighted by atomic mass is 10.1. The number of aryl methyl sites for hydroxylation is 1. The first-order valence-electron chi connectivity index (χ1n) is 6.65. The Morgan fingerprint density at radius 3 is 2.62 bits per heavy atom. The van der Waals surface area contributed by atoms with Gasteiger partial charge < -0.3 is 5.32 Å². The molecule has 110 valence electrons. The van der Waals surface area contributed by atoms with Crippen LogP contribution in [0.2, 0.25) is 0 Å². The first-order chi connectivity index (χ1) is 10.1. The number of hydrogen-bond donors (Lipinski definition) is 1. The maximum absolute atomic E-state index is 12.9. The molecule has 0 atom stereocenters. The normalized spacial score (nSPS) is 10.4. The summed E-state index contributed by atoms with van der Waals surface area (Å²) in [6.07, 6.45) is 0.866. The van der Waals surface area contributed by atoms with Crippen LogP contribution in [-0.2, 0) is 11.3 Å². The summed E-state index contributed by atoms with van der Waals surface area (Å²) in [5, 5.41) is 6.77. The molecule has 5 nitrogen and oxygen atoms in total. The van der Waals surface area contributed by atoms with E-state index in [1.54, 1.807) is 25.2 Å². The predicted octanol–water partition coefficient (Wildman–Crippen LogP) is 1.58. The second kappa shape index (κ2) is 6.78. The standard InChI is InChI=1S/C15H16FN3O2/c1-17-14(20)3-2-10-19-15(21)9-8-13(18-19)11-4-6-12(16)7-5-11/h4-9H,2-3,10H2,1H3,(H,17,20). The molecule has 2 aromatic rings. The molecule has 0 unspecified atom stereocenters. The number of nitrogens with one attached hydrogen (secondary N) is 1. The maximum Gasteiger partial charge on any atom is 0.266 e. The van der Waals surface area contributed by atoms with E-state index in [0.717, 1.165) is 5.56 Å². The minimum absolute atomic E-state index is 0.0715. The number of aromatic nitrogens is 2. The van der Waals surface area contributed by atoms with Crippen LogP contribution in [0.1, 0.15) is 12.8 Å². The monoisotopic (exact) mass is 289 g/mol. The third-order valence-corrected chi connectivity index (χ3v) is 3.06. The zero-order chi connectivity index (χ0) is 15.2. The highest BCUT2D eigenvalue weighted by molar-refractivity contribution is 5.75. The van der Waals surface area contributed by atoms with Gasteiger partial charge in [0, 0.05) is 31.6 Å². The van der Waals surface area contributed by atoms with E-state index < -0.39 is 0 Å². The molecule has 1 aromatic heterocycles.